The topological polar surface area (TPSA) is 35.9 Å². The van der Waals surface area contributed by atoms with Gasteiger partial charge in [0.2, 0.25) is 0 Å². The molecule has 1 saturated heterocycles. The number of likely N-dealkylation sites (tertiary alicyclic amines) is 1. The maximum absolute atomic E-state index is 11.2. The quantitative estimate of drug-likeness (QED) is 0.896. The van der Waals surface area contributed by atoms with Gasteiger partial charge in [-0.2, -0.15) is 0 Å². The summed E-state index contributed by atoms with van der Waals surface area (Å²) in [6.45, 7) is 7.50. The van der Waals surface area contributed by atoms with Gasteiger partial charge in [0.25, 0.3) is 0 Å². The van der Waals surface area contributed by atoms with Crippen LogP contribution in [0.15, 0.2) is 30.3 Å². The normalized spacial score (nSPS) is 21.0. The standard InChI is InChI=1S/C21H28N2O2S/c1-16-3-5-19(26-16)15-23-11-12-25-20-6-4-18(13-17(20)14-23)21(24)7-9-22(2)10-8-21/h3-6,13,24H,7-12,14-15H2,1-2H3. The van der Waals surface area contributed by atoms with Crippen molar-refractivity contribution in [2.45, 2.75) is 38.5 Å². The number of piperidine rings is 1. The summed E-state index contributed by atoms with van der Waals surface area (Å²) < 4.78 is 5.99. The van der Waals surface area contributed by atoms with Gasteiger partial charge in [0.15, 0.2) is 0 Å². The number of benzene rings is 1. The van der Waals surface area contributed by atoms with Crippen LogP contribution in [0.2, 0.25) is 0 Å². The van der Waals surface area contributed by atoms with Gasteiger partial charge >= 0.3 is 0 Å². The molecule has 4 rings (SSSR count). The number of hydrogen-bond donors (Lipinski definition) is 1. The zero-order chi connectivity index (χ0) is 18.1. The van der Waals surface area contributed by atoms with Crippen LogP contribution < -0.4 is 4.74 Å². The maximum Gasteiger partial charge on any atom is 0.123 e. The van der Waals surface area contributed by atoms with Crippen LogP contribution in [0.1, 0.15) is 33.7 Å². The van der Waals surface area contributed by atoms with Crippen LogP contribution in [0.5, 0.6) is 5.75 Å². The van der Waals surface area contributed by atoms with Gasteiger partial charge in [0.1, 0.15) is 12.4 Å². The second kappa shape index (κ2) is 7.31. The number of thiophene rings is 1. The highest BCUT2D eigenvalue weighted by molar-refractivity contribution is 7.11. The van der Waals surface area contributed by atoms with Crippen LogP contribution in [-0.2, 0) is 18.7 Å². The summed E-state index contributed by atoms with van der Waals surface area (Å²) in [4.78, 5) is 7.49. The molecule has 4 nitrogen and oxygen atoms in total. The Labute approximate surface area is 160 Å². The summed E-state index contributed by atoms with van der Waals surface area (Å²) in [5.74, 6) is 0.968. The lowest BCUT2D eigenvalue weighted by Crippen LogP contribution is -2.40. The Morgan fingerprint density at radius 2 is 1.96 bits per heavy atom. The van der Waals surface area contributed by atoms with Gasteiger partial charge in [-0.3, -0.25) is 4.90 Å². The van der Waals surface area contributed by atoms with Gasteiger partial charge in [-0.25, -0.2) is 0 Å². The van der Waals surface area contributed by atoms with E-state index in [1.165, 1.54) is 15.3 Å². The SMILES string of the molecule is Cc1ccc(CN2CCOc3ccc(C4(O)CCN(C)CC4)cc3C2)s1. The number of ether oxygens (including phenoxy) is 1. The fraction of sp³-hybridized carbons (Fsp3) is 0.524. The molecule has 0 amide bonds. The average molecular weight is 373 g/mol. The molecule has 1 N–H and O–H groups in total. The molecule has 1 aromatic heterocycles. The lowest BCUT2D eigenvalue weighted by Gasteiger charge is -2.37. The fourth-order valence-corrected chi connectivity index (χ4v) is 4.87. The molecule has 3 heterocycles. The third-order valence-corrected chi connectivity index (χ3v) is 6.63. The molecule has 0 unspecified atom stereocenters. The van der Waals surface area contributed by atoms with Crippen molar-refractivity contribution < 1.29 is 9.84 Å². The van der Waals surface area contributed by atoms with Gasteiger partial charge < -0.3 is 14.7 Å². The predicted octanol–water partition coefficient (Wildman–Crippen LogP) is 3.36. The zero-order valence-electron chi connectivity index (χ0n) is 15.7. The monoisotopic (exact) mass is 372 g/mol. The molecular weight excluding hydrogens is 344 g/mol. The predicted molar refractivity (Wildman–Crippen MR) is 106 cm³/mol. The van der Waals surface area contributed by atoms with E-state index in [1.807, 2.05) is 11.3 Å². The number of aryl methyl sites for hydroxylation is 1. The van der Waals surface area contributed by atoms with Crippen molar-refractivity contribution in [1.82, 2.24) is 9.80 Å². The van der Waals surface area contributed by atoms with E-state index < -0.39 is 5.60 Å². The Kier molecular flexibility index (Phi) is 5.06. The Morgan fingerprint density at radius 1 is 1.15 bits per heavy atom. The third kappa shape index (κ3) is 3.81. The summed E-state index contributed by atoms with van der Waals surface area (Å²) >= 11 is 1.87. The molecule has 5 heteroatoms. The van der Waals surface area contributed by atoms with Gasteiger partial charge in [-0.1, -0.05) is 6.07 Å². The largest absolute Gasteiger partial charge is 0.492 e. The molecule has 2 aliphatic heterocycles. The van der Waals surface area contributed by atoms with Crippen LogP contribution in [-0.4, -0.2) is 48.2 Å². The number of nitrogens with zero attached hydrogens (tertiary/aromatic N) is 2. The molecule has 0 bridgehead atoms. The third-order valence-electron chi connectivity index (χ3n) is 5.65. The van der Waals surface area contributed by atoms with E-state index in [4.69, 9.17) is 4.74 Å². The molecule has 2 aromatic rings. The summed E-state index contributed by atoms with van der Waals surface area (Å²) in [7, 11) is 2.12. The average Bonchev–Trinajstić information content (AvgIpc) is 2.92. The smallest absolute Gasteiger partial charge is 0.123 e. The van der Waals surface area contributed by atoms with E-state index >= 15 is 0 Å². The minimum absolute atomic E-state index is 0.705. The van der Waals surface area contributed by atoms with Crippen LogP contribution >= 0.6 is 11.3 Å². The first kappa shape index (κ1) is 18.0. The molecular formula is C21H28N2O2S. The Balaban J connectivity index is 1.54. The van der Waals surface area contributed by atoms with E-state index in [9.17, 15) is 5.11 Å². The van der Waals surface area contributed by atoms with E-state index in [0.29, 0.717) is 6.61 Å². The molecule has 0 radical (unpaired) electrons. The summed E-state index contributed by atoms with van der Waals surface area (Å²) in [5.41, 5.74) is 1.53. The second-order valence-corrected chi connectivity index (χ2v) is 9.10. The first-order valence-corrected chi connectivity index (χ1v) is 10.3. The first-order valence-electron chi connectivity index (χ1n) is 9.47. The molecule has 0 atom stereocenters. The summed E-state index contributed by atoms with van der Waals surface area (Å²) in [6, 6.07) is 10.7. The van der Waals surface area contributed by atoms with E-state index in [0.717, 1.165) is 56.9 Å². The minimum atomic E-state index is -0.705. The molecule has 2 aliphatic rings. The van der Waals surface area contributed by atoms with Crippen molar-refractivity contribution in [3.05, 3.63) is 51.2 Å². The van der Waals surface area contributed by atoms with Crippen molar-refractivity contribution >= 4 is 11.3 Å². The molecule has 0 spiro atoms. The van der Waals surface area contributed by atoms with Crippen LogP contribution in [0, 0.1) is 6.92 Å². The Morgan fingerprint density at radius 3 is 2.69 bits per heavy atom. The second-order valence-electron chi connectivity index (χ2n) is 7.73. The van der Waals surface area contributed by atoms with Crippen molar-refractivity contribution in [3.63, 3.8) is 0 Å². The molecule has 26 heavy (non-hydrogen) atoms. The highest BCUT2D eigenvalue weighted by atomic mass is 32.1. The van der Waals surface area contributed by atoms with Crippen molar-refractivity contribution in [2.24, 2.45) is 0 Å². The number of rotatable bonds is 3. The number of fused-ring (bicyclic) bond motifs is 1. The van der Waals surface area contributed by atoms with Crippen molar-refractivity contribution in [1.29, 1.82) is 0 Å². The number of hydrogen-bond acceptors (Lipinski definition) is 5. The lowest BCUT2D eigenvalue weighted by molar-refractivity contribution is -0.0204. The summed E-state index contributed by atoms with van der Waals surface area (Å²) in [6.07, 6.45) is 1.59. The molecule has 1 fully saturated rings. The highest BCUT2D eigenvalue weighted by Gasteiger charge is 2.33. The first-order chi connectivity index (χ1) is 12.5. The van der Waals surface area contributed by atoms with Crippen molar-refractivity contribution in [3.8, 4) is 5.75 Å². The minimum Gasteiger partial charge on any atom is -0.492 e. The molecule has 0 aliphatic carbocycles. The maximum atomic E-state index is 11.2. The summed E-state index contributed by atoms with van der Waals surface area (Å²) in [5, 5.41) is 11.2. The fourth-order valence-electron chi connectivity index (χ4n) is 3.94. The highest BCUT2D eigenvalue weighted by Crippen LogP contribution is 2.36. The molecule has 0 saturated carbocycles. The van der Waals surface area contributed by atoms with E-state index in [1.54, 1.807) is 0 Å². The Hall–Kier alpha value is -1.40. The van der Waals surface area contributed by atoms with E-state index in [2.05, 4.69) is 54.1 Å². The molecule has 140 valence electrons. The van der Waals surface area contributed by atoms with Crippen LogP contribution in [0.4, 0.5) is 0 Å². The van der Waals surface area contributed by atoms with Gasteiger partial charge in [0, 0.05) is 48.0 Å². The van der Waals surface area contributed by atoms with Crippen molar-refractivity contribution in [2.75, 3.05) is 33.3 Å². The van der Waals surface area contributed by atoms with Crippen LogP contribution in [0.3, 0.4) is 0 Å². The zero-order valence-corrected chi connectivity index (χ0v) is 16.5. The Bertz CT molecular complexity index is 765. The van der Waals surface area contributed by atoms with Gasteiger partial charge in [0.05, 0.1) is 5.60 Å². The lowest BCUT2D eigenvalue weighted by atomic mass is 9.84. The van der Waals surface area contributed by atoms with Gasteiger partial charge in [-0.05, 0) is 56.6 Å². The number of aliphatic hydroxyl groups is 1. The van der Waals surface area contributed by atoms with E-state index in [-0.39, 0.29) is 0 Å². The van der Waals surface area contributed by atoms with Crippen LogP contribution in [0.25, 0.3) is 0 Å². The van der Waals surface area contributed by atoms with Gasteiger partial charge in [-0.15, -0.1) is 11.3 Å². The molecule has 1 aromatic carbocycles.